The van der Waals surface area contributed by atoms with Crippen LogP contribution in [0.15, 0.2) is 48.8 Å². The van der Waals surface area contributed by atoms with Crippen LogP contribution in [0.1, 0.15) is 90.8 Å². The van der Waals surface area contributed by atoms with Crippen LogP contribution in [-0.4, -0.2) is 66.2 Å². The highest BCUT2D eigenvalue weighted by Gasteiger charge is 2.36. The number of aromatic amines is 2. The minimum absolute atomic E-state index is 0.106. The van der Waals surface area contributed by atoms with E-state index in [1.807, 2.05) is 52.5 Å². The Hall–Kier alpha value is -4.34. The lowest BCUT2D eigenvalue weighted by Gasteiger charge is -2.28. The Bertz CT molecular complexity index is 1660. The van der Waals surface area contributed by atoms with Crippen LogP contribution in [0.5, 0.6) is 0 Å². The summed E-state index contributed by atoms with van der Waals surface area (Å²) >= 11 is 0. The fourth-order valence-corrected chi connectivity index (χ4v) is 6.17. The fourth-order valence-electron chi connectivity index (χ4n) is 6.17. The van der Waals surface area contributed by atoms with Gasteiger partial charge in [0.2, 0.25) is 0 Å². The average molecular weight is 599 g/mol. The molecule has 0 aliphatic carbocycles. The van der Waals surface area contributed by atoms with Crippen LogP contribution in [0.4, 0.5) is 9.59 Å². The standard InChI is InChI=1S/C34H42N6O4/c1-33(2,3)43-31(41)39-17-7-9-26(39)29-28(35-20-36-29)22-13-11-21(12-14-22)23-15-16-24-25(19-23)38-30(37-24)27-10-8-18-40(27)32(42)44-34(4,5)6/h11-16,19-20,26-27H,7-10,17-18H2,1-6H3,(H,35,36)(H,37,38)/t26-,27-/m0/s1. The number of aromatic nitrogens is 4. The van der Waals surface area contributed by atoms with Crippen LogP contribution < -0.4 is 0 Å². The van der Waals surface area contributed by atoms with E-state index >= 15 is 0 Å². The molecule has 232 valence electrons. The first-order valence-corrected chi connectivity index (χ1v) is 15.5. The highest BCUT2D eigenvalue weighted by Crippen LogP contribution is 2.38. The molecular formula is C34H42N6O4. The second-order valence-electron chi connectivity index (χ2n) is 13.8. The lowest BCUT2D eigenvalue weighted by atomic mass is 10.00. The molecule has 10 heteroatoms. The summed E-state index contributed by atoms with van der Waals surface area (Å²) in [5.41, 5.74) is 5.58. The van der Waals surface area contributed by atoms with Crippen LogP contribution in [0.2, 0.25) is 0 Å². The molecule has 2 N–H and O–H groups in total. The Balaban J connectivity index is 1.20. The van der Waals surface area contributed by atoms with Gasteiger partial charge in [0.05, 0.1) is 40.8 Å². The number of carbonyl (C=O) groups excluding carboxylic acids is 2. The van der Waals surface area contributed by atoms with Crippen LogP contribution in [0.25, 0.3) is 33.4 Å². The number of rotatable bonds is 4. The zero-order valence-electron chi connectivity index (χ0n) is 26.4. The van der Waals surface area contributed by atoms with Gasteiger partial charge >= 0.3 is 12.2 Å². The van der Waals surface area contributed by atoms with Crippen LogP contribution in [-0.2, 0) is 9.47 Å². The van der Waals surface area contributed by atoms with Crippen LogP contribution >= 0.6 is 0 Å². The first-order chi connectivity index (χ1) is 20.9. The van der Waals surface area contributed by atoms with Crippen molar-refractivity contribution in [3.63, 3.8) is 0 Å². The molecule has 2 saturated heterocycles. The SMILES string of the molecule is CC(C)(C)OC(=O)N1CCC[C@H]1c1nc2ccc(-c3ccc(-c4nc[nH]c4[C@@H]4CCCN4C(=O)OC(C)(C)C)cc3)cc2[nH]1. The van der Waals surface area contributed by atoms with Gasteiger partial charge in [-0.15, -0.1) is 0 Å². The predicted octanol–water partition coefficient (Wildman–Crippen LogP) is 7.76. The van der Waals surface area contributed by atoms with Gasteiger partial charge in [-0.1, -0.05) is 30.3 Å². The first kappa shape index (κ1) is 29.7. The van der Waals surface area contributed by atoms with E-state index in [9.17, 15) is 9.59 Å². The number of amides is 2. The molecule has 2 atom stereocenters. The van der Waals surface area contributed by atoms with E-state index in [1.54, 1.807) is 11.2 Å². The van der Waals surface area contributed by atoms with Gasteiger partial charge in [0, 0.05) is 18.7 Å². The summed E-state index contributed by atoms with van der Waals surface area (Å²) in [6.07, 6.45) is 4.64. The molecule has 2 amide bonds. The van der Waals surface area contributed by atoms with Crippen molar-refractivity contribution in [2.24, 2.45) is 0 Å². The quantitative estimate of drug-likeness (QED) is 0.248. The van der Waals surface area contributed by atoms with E-state index in [0.717, 1.165) is 70.6 Å². The highest BCUT2D eigenvalue weighted by atomic mass is 16.6. The third-order valence-electron chi connectivity index (χ3n) is 8.07. The van der Waals surface area contributed by atoms with Crippen molar-refractivity contribution in [3.05, 3.63) is 60.3 Å². The molecule has 44 heavy (non-hydrogen) atoms. The van der Waals surface area contributed by atoms with Gasteiger partial charge in [-0.2, -0.15) is 0 Å². The predicted molar refractivity (Wildman–Crippen MR) is 169 cm³/mol. The molecule has 0 spiro atoms. The van der Waals surface area contributed by atoms with Gasteiger partial charge in [-0.25, -0.2) is 19.6 Å². The summed E-state index contributed by atoms with van der Waals surface area (Å²) < 4.78 is 11.3. The van der Waals surface area contributed by atoms with E-state index in [0.29, 0.717) is 13.1 Å². The molecule has 2 aromatic heterocycles. The number of benzene rings is 2. The van der Waals surface area contributed by atoms with Crippen molar-refractivity contribution in [2.75, 3.05) is 13.1 Å². The molecule has 0 unspecified atom stereocenters. The fraction of sp³-hybridized carbons (Fsp3) is 0.471. The summed E-state index contributed by atoms with van der Waals surface area (Å²) in [5, 5.41) is 0. The van der Waals surface area contributed by atoms with Crippen molar-refractivity contribution in [1.29, 1.82) is 0 Å². The number of likely N-dealkylation sites (tertiary alicyclic amines) is 2. The van der Waals surface area contributed by atoms with Crippen molar-refractivity contribution in [2.45, 2.75) is 90.5 Å². The number of hydrogen-bond acceptors (Lipinski definition) is 6. The van der Waals surface area contributed by atoms with E-state index in [-0.39, 0.29) is 24.3 Å². The molecule has 0 radical (unpaired) electrons. The third-order valence-corrected chi connectivity index (χ3v) is 8.07. The van der Waals surface area contributed by atoms with Crippen LogP contribution in [0.3, 0.4) is 0 Å². The normalized spacial score (nSPS) is 19.1. The summed E-state index contributed by atoms with van der Waals surface area (Å²) in [5.74, 6) is 0.786. The van der Waals surface area contributed by atoms with Crippen molar-refractivity contribution in [1.82, 2.24) is 29.7 Å². The van der Waals surface area contributed by atoms with Crippen LogP contribution in [0, 0.1) is 0 Å². The number of nitrogens with zero attached hydrogens (tertiary/aromatic N) is 4. The zero-order chi connectivity index (χ0) is 31.2. The molecule has 2 aliphatic rings. The van der Waals surface area contributed by atoms with Gasteiger partial charge in [-0.3, -0.25) is 9.80 Å². The monoisotopic (exact) mass is 598 g/mol. The number of ether oxygens (including phenoxy) is 2. The van der Waals surface area contributed by atoms with Crippen molar-refractivity contribution >= 4 is 23.2 Å². The van der Waals surface area contributed by atoms with E-state index < -0.39 is 11.2 Å². The summed E-state index contributed by atoms with van der Waals surface area (Å²) in [6.45, 7) is 12.6. The van der Waals surface area contributed by atoms with Crippen molar-refractivity contribution < 1.29 is 19.1 Å². The molecule has 4 heterocycles. The molecule has 0 bridgehead atoms. The van der Waals surface area contributed by atoms with E-state index in [2.05, 4.69) is 51.4 Å². The molecule has 2 aliphatic heterocycles. The molecule has 6 rings (SSSR count). The molecule has 2 aromatic carbocycles. The topological polar surface area (TPSA) is 116 Å². The van der Waals surface area contributed by atoms with Gasteiger partial charge in [0.1, 0.15) is 17.0 Å². The largest absolute Gasteiger partial charge is 0.444 e. The number of H-pyrrole nitrogens is 2. The van der Waals surface area contributed by atoms with Gasteiger partial charge in [0.15, 0.2) is 0 Å². The third kappa shape index (κ3) is 6.16. The Morgan fingerprint density at radius 1 is 0.795 bits per heavy atom. The second kappa shape index (κ2) is 11.3. The van der Waals surface area contributed by atoms with Gasteiger partial charge < -0.3 is 19.4 Å². The van der Waals surface area contributed by atoms with Gasteiger partial charge in [0.25, 0.3) is 0 Å². The van der Waals surface area contributed by atoms with E-state index in [1.165, 1.54) is 0 Å². The Morgan fingerprint density at radius 3 is 2.00 bits per heavy atom. The minimum atomic E-state index is -0.547. The average Bonchev–Trinajstić information content (AvgIpc) is 3.75. The summed E-state index contributed by atoms with van der Waals surface area (Å²) in [4.78, 5) is 45.6. The maximum absolute atomic E-state index is 12.9. The minimum Gasteiger partial charge on any atom is -0.444 e. The molecule has 0 saturated carbocycles. The second-order valence-corrected chi connectivity index (χ2v) is 13.8. The number of imidazole rings is 2. The maximum atomic E-state index is 12.9. The lowest BCUT2D eigenvalue weighted by Crippen LogP contribution is -2.36. The molecule has 2 fully saturated rings. The molecular weight excluding hydrogens is 556 g/mol. The number of nitrogens with one attached hydrogen (secondary N) is 2. The zero-order valence-corrected chi connectivity index (χ0v) is 26.4. The highest BCUT2D eigenvalue weighted by molar-refractivity contribution is 5.83. The van der Waals surface area contributed by atoms with Gasteiger partial charge in [-0.05, 0) is 90.5 Å². The number of carbonyl (C=O) groups is 2. The maximum Gasteiger partial charge on any atom is 0.410 e. The first-order valence-electron chi connectivity index (χ1n) is 15.5. The summed E-state index contributed by atoms with van der Waals surface area (Å²) in [7, 11) is 0. The Labute approximate surface area is 258 Å². The summed E-state index contributed by atoms with van der Waals surface area (Å²) in [6, 6.07) is 14.3. The van der Waals surface area contributed by atoms with Crippen molar-refractivity contribution in [3.8, 4) is 22.4 Å². The Kier molecular flexibility index (Phi) is 7.63. The Morgan fingerprint density at radius 2 is 1.36 bits per heavy atom. The molecule has 4 aromatic rings. The van der Waals surface area contributed by atoms with E-state index in [4.69, 9.17) is 14.5 Å². The molecule has 10 nitrogen and oxygen atoms in total. The number of fused-ring (bicyclic) bond motifs is 1. The smallest absolute Gasteiger partial charge is 0.410 e. The number of hydrogen-bond donors (Lipinski definition) is 2. The lowest BCUT2D eigenvalue weighted by molar-refractivity contribution is 0.0210.